The van der Waals surface area contributed by atoms with Gasteiger partial charge in [-0.2, -0.15) is 0 Å². The quantitative estimate of drug-likeness (QED) is 0.697. The molecule has 0 aliphatic heterocycles. The summed E-state index contributed by atoms with van der Waals surface area (Å²) >= 11 is 0. The van der Waals surface area contributed by atoms with Gasteiger partial charge in [0.1, 0.15) is 0 Å². The Bertz CT molecular complexity index is 411. The Balaban J connectivity index is 2.27. The van der Waals surface area contributed by atoms with Crippen LogP contribution in [0.5, 0.6) is 0 Å². The molecule has 0 saturated heterocycles. The van der Waals surface area contributed by atoms with Crippen molar-refractivity contribution in [1.29, 1.82) is 0 Å². The lowest BCUT2D eigenvalue weighted by molar-refractivity contribution is -0.155. The molecule has 1 atom stereocenters. The van der Waals surface area contributed by atoms with Gasteiger partial charge < -0.3 is 14.8 Å². The van der Waals surface area contributed by atoms with E-state index in [-0.39, 0.29) is 12.3 Å². The zero-order valence-electron chi connectivity index (χ0n) is 13.6. The minimum absolute atomic E-state index is 0.103. The van der Waals surface area contributed by atoms with Gasteiger partial charge in [0.2, 0.25) is 0 Å². The summed E-state index contributed by atoms with van der Waals surface area (Å²) in [6, 6.07) is 8.88. The van der Waals surface area contributed by atoms with E-state index in [1.165, 1.54) is 30.4 Å². The van der Waals surface area contributed by atoms with Crippen molar-refractivity contribution in [2.45, 2.75) is 58.3 Å². The molecule has 1 fully saturated rings. The van der Waals surface area contributed by atoms with Crippen LogP contribution in [0.15, 0.2) is 24.3 Å². The second-order valence-electron chi connectivity index (χ2n) is 5.57. The molecule has 0 spiro atoms. The number of likely N-dealkylation sites (N-methyl/N-ethyl adjacent to an activating group) is 1. The summed E-state index contributed by atoms with van der Waals surface area (Å²) in [5, 5.41) is 3.56. The van der Waals surface area contributed by atoms with Crippen LogP contribution < -0.4 is 5.32 Å². The van der Waals surface area contributed by atoms with Gasteiger partial charge in [0.15, 0.2) is 6.29 Å². The van der Waals surface area contributed by atoms with Crippen molar-refractivity contribution < 1.29 is 9.47 Å². The minimum atomic E-state index is -0.221. The average Bonchev–Trinajstić information content (AvgIpc) is 2.44. The van der Waals surface area contributed by atoms with Crippen LogP contribution in [0, 0.1) is 0 Å². The predicted molar refractivity (Wildman–Crippen MR) is 86.5 cm³/mol. The first-order chi connectivity index (χ1) is 10.3. The number of benzene rings is 1. The van der Waals surface area contributed by atoms with Crippen molar-refractivity contribution in [3.63, 3.8) is 0 Å². The van der Waals surface area contributed by atoms with E-state index in [1.54, 1.807) is 0 Å². The lowest BCUT2D eigenvalue weighted by Crippen LogP contribution is -2.37. The summed E-state index contributed by atoms with van der Waals surface area (Å²) in [5.74, 6) is 0.714. The molecule has 1 aromatic carbocycles. The standard InChI is InChI=1S/C18H29NO2/c1-4-19-17(18(20-5-2)21-6-3)16-13-8-7-12-15(16)14-10-9-11-14/h7-8,12-14,17-19H,4-6,9-11H2,1-3H3. The van der Waals surface area contributed by atoms with Crippen molar-refractivity contribution in [2.24, 2.45) is 0 Å². The predicted octanol–water partition coefficient (Wildman–Crippen LogP) is 4.00. The number of hydrogen-bond donors (Lipinski definition) is 1. The van der Waals surface area contributed by atoms with Crippen molar-refractivity contribution in [3.05, 3.63) is 35.4 Å². The molecule has 0 aromatic heterocycles. The van der Waals surface area contributed by atoms with E-state index >= 15 is 0 Å². The van der Waals surface area contributed by atoms with Gasteiger partial charge in [0, 0.05) is 13.2 Å². The van der Waals surface area contributed by atoms with Gasteiger partial charge in [-0.3, -0.25) is 0 Å². The fourth-order valence-electron chi connectivity index (χ4n) is 3.03. The van der Waals surface area contributed by atoms with Crippen molar-refractivity contribution >= 4 is 0 Å². The molecule has 21 heavy (non-hydrogen) atoms. The summed E-state index contributed by atoms with van der Waals surface area (Å²) in [5.41, 5.74) is 2.81. The fraction of sp³-hybridized carbons (Fsp3) is 0.667. The Labute approximate surface area is 129 Å². The molecule has 118 valence electrons. The van der Waals surface area contributed by atoms with Gasteiger partial charge in [0.25, 0.3) is 0 Å². The molecule has 0 bridgehead atoms. The van der Waals surface area contributed by atoms with Crippen molar-refractivity contribution in [3.8, 4) is 0 Å². The largest absolute Gasteiger partial charge is 0.351 e. The van der Waals surface area contributed by atoms with Gasteiger partial charge in [-0.05, 0) is 50.3 Å². The third kappa shape index (κ3) is 4.06. The van der Waals surface area contributed by atoms with Crippen LogP contribution >= 0.6 is 0 Å². The molecule has 1 unspecified atom stereocenters. The zero-order chi connectivity index (χ0) is 15.1. The molecule has 0 radical (unpaired) electrons. The van der Waals surface area contributed by atoms with E-state index in [2.05, 4.69) is 36.5 Å². The Kier molecular flexibility index (Phi) is 6.68. The number of ether oxygens (including phenoxy) is 2. The first kappa shape index (κ1) is 16.5. The molecular formula is C18H29NO2. The topological polar surface area (TPSA) is 30.5 Å². The van der Waals surface area contributed by atoms with Crippen LogP contribution in [-0.2, 0) is 9.47 Å². The molecule has 1 aromatic rings. The monoisotopic (exact) mass is 291 g/mol. The normalized spacial score (nSPS) is 17.0. The minimum Gasteiger partial charge on any atom is -0.351 e. The molecule has 1 aliphatic rings. The van der Waals surface area contributed by atoms with Crippen LogP contribution in [0.25, 0.3) is 0 Å². The van der Waals surface area contributed by atoms with E-state index in [9.17, 15) is 0 Å². The summed E-state index contributed by atoms with van der Waals surface area (Å²) in [6.45, 7) is 8.41. The zero-order valence-corrected chi connectivity index (χ0v) is 13.6. The first-order valence-corrected chi connectivity index (χ1v) is 8.37. The molecule has 3 heteroatoms. The van der Waals surface area contributed by atoms with E-state index < -0.39 is 0 Å². The van der Waals surface area contributed by atoms with Crippen LogP contribution in [-0.4, -0.2) is 26.0 Å². The number of nitrogens with one attached hydrogen (secondary N) is 1. The number of rotatable bonds is 9. The highest BCUT2D eigenvalue weighted by Gasteiger charge is 2.29. The third-order valence-electron chi connectivity index (χ3n) is 4.23. The molecule has 0 amide bonds. The molecule has 2 rings (SSSR count). The van der Waals surface area contributed by atoms with Gasteiger partial charge >= 0.3 is 0 Å². The lowest BCUT2D eigenvalue weighted by Gasteiger charge is -2.33. The Morgan fingerprint density at radius 3 is 2.29 bits per heavy atom. The molecule has 1 aliphatic carbocycles. The summed E-state index contributed by atoms with van der Waals surface area (Å²) in [6.07, 6.45) is 3.75. The molecule has 3 nitrogen and oxygen atoms in total. The van der Waals surface area contributed by atoms with Crippen LogP contribution in [0.1, 0.15) is 63.1 Å². The summed E-state index contributed by atoms with van der Waals surface area (Å²) in [4.78, 5) is 0. The maximum atomic E-state index is 5.85. The maximum absolute atomic E-state index is 5.85. The highest BCUT2D eigenvalue weighted by Crippen LogP contribution is 2.40. The average molecular weight is 291 g/mol. The molecular weight excluding hydrogens is 262 g/mol. The van der Waals surface area contributed by atoms with Crippen LogP contribution in [0.2, 0.25) is 0 Å². The van der Waals surface area contributed by atoms with E-state index in [1.807, 2.05) is 13.8 Å². The Morgan fingerprint density at radius 2 is 1.76 bits per heavy atom. The highest BCUT2D eigenvalue weighted by atomic mass is 16.7. The summed E-state index contributed by atoms with van der Waals surface area (Å²) < 4.78 is 11.7. The molecule has 1 saturated carbocycles. The maximum Gasteiger partial charge on any atom is 0.176 e. The Hall–Kier alpha value is -0.900. The second-order valence-corrected chi connectivity index (χ2v) is 5.57. The first-order valence-electron chi connectivity index (χ1n) is 8.37. The Morgan fingerprint density at radius 1 is 1.10 bits per heavy atom. The van der Waals surface area contributed by atoms with E-state index in [0.29, 0.717) is 19.1 Å². The smallest absolute Gasteiger partial charge is 0.176 e. The summed E-state index contributed by atoms with van der Waals surface area (Å²) in [7, 11) is 0. The van der Waals surface area contributed by atoms with Gasteiger partial charge in [-0.15, -0.1) is 0 Å². The van der Waals surface area contributed by atoms with Gasteiger partial charge in [-0.25, -0.2) is 0 Å². The lowest BCUT2D eigenvalue weighted by atomic mass is 9.77. The van der Waals surface area contributed by atoms with E-state index in [4.69, 9.17) is 9.47 Å². The number of hydrogen-bond acceptors (Lipinski definition) is 3. The highest BCUT2D eigenvalue weighted by molar-refractivity contribution is 5.34. The third-order valence-corrected chi connectivity index (χ3v) is 4.23. The van der Waals surface area contributed by atoms with Crippen LogP contribution in [0.3, 0.4) is 0 Å². The van der Waals surface area contributed by atoms with Crippen LogP contribution in [0.4, 0.5) is 0 Å². The SMILES string of the molecule is CCNC(c1ccccc1C1CCC1)C(OCC)OCC. The van der Waals surface area contributed by atoms with Gasteiger partial charge in [0.05, 0.1) is 6.04 Å². The van der Waals surface area contributed by atoms with Gasteiger partial charge in [-0.1, -0.05) is 37.6 Å². The fourth-order valence-corrected chi connectivity index (χ4v) is 3.03. The van der Waals surface area contributed by atoms with E-state index in [0.717, 1.165) is 6.54 Å². The van der Waals surface area contributed by atoms with Crippen molar-refractivity contribution in [1.82, 2.24) is 5.32 Å². The second kappa shape index (κ2) is 8.52. The molecule has 1 N–H and O–H groups in total. The van der Waals surface area contributed by atoms with Crippen molar-refractivity contribution in [2.75, 3.05) is 19.8 Å². The molecule has 0 heterocycles.